The number of fused-ring (bicyclic) bond motifs is 1. The lowest BCUT2D eigenvalue weighted by Crippen LogP contribution is -1.92. The number of pyridine rings is 1. The fourth-order valence-electron chi connectivity index (χ4n) is 1.91. The molecule has 3 rings (SSSR count). The standard InChI is InChI=1S/C14H11N3O/c1-18-13-8-12(16-9-17-13)11-6-2-4-10-5-3-7-15-14(10)11/h2-9H,1H3. The fourth-order valence-corrected chi connectivity index (χ4v) is 1.91. The molecule has 0 N–H and O–H groups in total. The number of aromatic nitrogens is 3. The monoisotopic (exact) mass is 237 g/mol. The van der Waals surface area contributed by atoms with E-state index in [4.69, 9.17) is 4.74 Å². The predicted molar refractivity (Wildman–Crippen MR) is 69.3 cm³/mol. The highest BCUT2D eigenvalue weighted by molar-refractivity contribution is 5.92. The van der Waals surface area contributed by atoms with Crippen LogP contribution in [0.3, 0.4) is 0 Å². The van der Waals surface area contributed by atoms with Gasteiger partial charge in [-0.05, 0) is 6.07 Å². The maximum absolute atomic E-state index is 5.12. The SMILES string of the molecule is COc1cc(-c2cccc3cccnc23)ncn1. The van der Waals surface area contributed by atoms with Crippen molar-refractivity contribution < 1.29 is 4.74 Å². The molecule has 4 heteroatoms. The molecule has 1 aromatic carbocycles. The topological polar surface area (TPSA) is 47.9 Å². The summed E-state index contributed by atoms with van der Waals surface area (Å²) in [7, 11) is 1.59. The molecule has 0 radical (unpaired) electrons. The number of nitrogens with zero attached hydrogens (tertiary/aromatic N) is 3. The van der Waals surface area contributed by atoms with Gasteiger partial charge in [-0.15, -0.1) is 0 Å². The Kier molecular flexibility index (Phi) is 2.61. The van der Waals surface area contributed by atoms with Crippen molar-refractivity contribution >= 4 is 10.9 Å². The largest absolute Gasteiger partial charge is 0.481 e. The van der Waals surface area contributed by atoms with Crippen LogP contribution < -0.4 is 4.74 Å². The Morgan fingerprint density at radius 2 is 1.89 bits per heavy atom. The van der Waals surface area contributed by atoms with Crippen molar-refractivity contribution in [1.29, 1.82) is 0 Å². The zero-order valence-corrected chi connectivity index (χ0v) is 9.87. The first-order chi connectivity index (χ1) is 8.88. The molecule has 0 unspecified atom stereocenters. The van der Waals surface area contributed by atoms with Crippen LogP contribution in [0.1, 0.15) is 0 Å². The van der Waals surface area contributed by atoms with Crippen molar-refractivity contribution in [2.45, 2.75) is 0 Å². The molecule has 0 spiro atoms. The Morgan fingerprint density at radius 1 is 1.00 bits per heavy atom. The molecule has 4 nitrogen and oxygen atoms in total. The second-order valence-electron chi connectivity index (χ2n) is 3.83. The van der Waals surface area contributed by atoms with E-state index in [0.717, 1.165) is 22.2 Å². The van der Waals surface area contributed by atoms with Gasteiger partial charge < -0.3 is 4.74 Å². The van der Waals surface area contributed by atoms with Crippen molar-refractivity contribution in [3.63, 3.8) is 0 Å². The van der Waals surface area contributed by atoms with Crippen molar-refractivity contribution in [2.24, 2.45) is 0 Å². The summed E-state index contributed by atoms with van der Waals surface area (Å²) < 4.78 is 5.12. The molecule has 3 aromatic rings. The lowest BCUT2D eigenvalue weighted by molar-refractivity contribution is 0.397. The zero-order chi connectivity index (χ0) is 12.4. The third-order valence-electron chi connectivity index (χ3n) is 2.76. The Balaban J connectivity index is 2.24. The summed E-state index contributed by atoms with van der Waals surface area (Å²) in [5, 5.41) is 1.09. The molecule has 0 amide bonds. The molecule has 18 heavy (non-hydrogen) atoms. The van der Waals surface area contributed by atoms with Crippen LogP contribution in [-0.4, -0.2) is 22.1 Å². The van der Waals surface area contributed by atoms with Gasteiger partial charge in [0.1, 0.15) is 6.33 Å². The molecule has 2 heterocycles. The molecule has 2 aromatic heterocycles. The molecule has 0 aliphatic heterocycles. The molecular weight excluding hydrogens is 226 g/mol. The third-order valence-corrected chi connectivity index (χ3v) is 2.76. The van der Waals surface area contributed by atoms with E-state index in [1.54, 1.807) is 13.3 Å². The van der Waals surface area contributed by atoms with E-state index in [1.807, 2.05) is 36.4 Å². The highest BCUT2D eigenvalue weighted by Gasteiger charge is 2.07. The molecule has 0 fully saturated rings. The van der Waals surface area contributed by atoms with Gasteiger partial charge in [0.15, 0.2) is 0 Å². The summed E-state index contributed by atoms with van der Waals surface area (Å²) in [6.45, 7) is 0. The van der Waals surface area contributed by atoms with Crippen LogP contribution in [0, 0.1) is 0 Å². The number of para-hydroxylation sites is 1. The number of hydrogen-bond donors (Lipinski definition) is 0. The van der Waals surface area contributed by atoms with Gasteiger partial charge in [0.25, 0.3) is 0 Å². The van der Waals surface area contributed by atoms with E-state index >= 15 is 0 Å². The second kappa shape index (κ2) is 4.41. The Labute approximate surface area is 104 Å². The van der Waals surface area contributed by atoms with Crippen LogP contribution in [0.15, 0.2) is 48.9 Å². The number of hydrogen-bond acceptors (Lipinski definition) is 4. The first-order valence-corrected chi connectivity index (χ1v) is 5.58. The van der Waals surface area contributed by atoms with Crippen molar-refractivity contribution in [1.82, 2.24) is 15.0 Å². The lowest BCUT2D eigenvalue weighted by atomic mass is 10.1. The molecular formula is C14H11N3O. The summed E-state index contributed by atoms with van der Waals surface area (Å²) in [6, 6.07) is 11.8. The highest BCUT2D eigenvalue weighted by Crippen LogP contribution is 2.26. The maximum atomic E-state index is 5.12. The van der Waals surface area contributed by atoms with E-state index in [0.29, 0.717) is 5.88 Å². The quantitative estimate of drug-likeness (QED) is 0.687. The zero-order valence-electron chi connectivity index (χ0n) is 9.87. The number of methoxy groups -OCH3 is 1. The van der Waals surface area contributed by atoms with Crippen molar-refractivity contribution in [2.75, 3.05) is 7.11 Å². The van der Waals surface area contributed by atoms with E-state index in [-0.39, 0.29) is 0 Å². The van der Waals surface area contributed by atoms with Crippen molar-refractivity contribution in [3.05, 3.63) is 48.9 Å². The fraction of sp³-hybridized carbons (Fsp3) is 0.0714. The minimum atomic E-state index is 0.549. The van der Waals surface area contributed by atoms with Crippen molar-refractivity contribution in [3.8, 4) is 17.1 Å². The van der Waals surface area contributed by atoms with Gasteiger partial charge in [-0.3, -0.25) is 4.98 Å². The van der Waals surface area contributed by atoms with Crippen LogP contribution in [0.5, 0.6) is 5.88 Å². The van der Waals surface area contributed by atoms with Crippen LogP contribution in [0.4, 0.5) is 0 Å². The minimum absolute atomic E-state index is 0.549. The Hall–Kier alpha value is -2.49. The average molecular weight is 237 g/mol. The maximum Gasteiger partial charge on any atom is 0.216 e. The molecule has 0 aliphatic carbocycles. The second-order valence-corrected chi connectivity index (χ2v) is 3.83. The van der Waals surface area contributed by atoms with E-state index < -0.39 is 0 Å². The van der Waals surface area contributed by atoms with E-state index in [2.05, 4.69) is 15.0 Å². The van der Waals surface area contributed by atoms with Crippen LogP contribution in [-0.2, 0) is 0 Å². The number of ether oxygens (including phenoxy) is 1. The predicted octanol–water partition coefficient (Wildman–Crippen LogP) is 2.70. The molecule has 0 saturated carbocycles. The van der Waals surface area contributed by atoms with Gasteiger partial charge in [0, 0.05) is 23.2 Å². The lowest BCUT2D eigenvalue weighted by Gasteiger charge is -2.05. The van der Waals surface area contributed by atoms with E-state index in [1.165, 1.54) is 6.33 Å². The summed E-state index contributed by atoms with van der Waals surface area (Å²) in [4.78, 5) is 12.7. The summed E-state index contributed by atoms with van der Waals surface area (Å²) in [5.74, 6) is 0.549. The summed E-state index contributed by atoms with van der Waals surface area (Å²) in [5.41, 5.74) is 2.72. The van der Waals surface area contributed by atoms with Crippen LogP contribution >= 0.6 is 0 Å². The van der Waals surface area contributed by atoms with Gasteiger partial charge in [0.2, 0.25) is 5.88 Å². The summed E-state index contributed by atoms with van der Waals surface area (Å²) in [6.07, 6.45) is 3.28. The van der Waals surface area contributed by atoms with Crippen LogP contribution in [0.25, 0.3) is 22.2 Å². The summed E-state index contributed by atoms with van der Waals surface area (Å²) >= 11 is 0. The number of benzene rings is 1. The number of rotatable bonds is 2. The van der Waals surface area contributed by atoms with Gasteiger partial charge in [-0.1, -0.05) is 24.3 Å². The molecule has 88 valence electrons. The van der Waals surface area contributed by atoms with E-state index in [9.17, 15) is 0 Å². The van der Waals surface area contributed by atoms with Crippen LogP contribution in [0.2, 0.25) is 0 Å². The third kappa shape index (κ3) is 1.78. The first kappa shape index (κ1) is 10.7. The van der Waals surface area contributed by atoms with Gasteiger partial charge >= 0.3 is 0 Å². The van der Waals surface area contributed by atoms with Gasteiger partial charge in [0.05, 0.1) is 18.3 Å². The average Bonchev–Trinajstić information content (AvgIpc) is 2.47. The smallest absolute Gasteiger partial charge is 0.216 e. The molecule has 0 aliphatic rings. The van der Waals surface area contributed by atoms with Gasteiger partial charge in [-0.25, -0.2) is 9.97 Å². The highest BCUT2D eigenvalue weighted by atomic mass is 16.5. The first-order valence-electron chi connectivity index (χ1n) is 5.58. The molecule has 0 bridgehead atoms. The molecule has 0 saturated heterocycles. The molecule has 0 atom stereocenters. The Morgan fingerprint density at radius 3 is 2.78 bits per heavy atom. The Bertz CT molecular complexity index is 692. The minimum Gasteiger partial charge on any atom is -0.481 e. The normalized spacial score (nSPS) is 10.5. The van der Waals surface area contributed by atoms with Gasteiger partial charge in [-0.2, -0.15) is 0 Å².